The molecule has 5 heteroatoms. The smallest absolute Gasteiger partial charge is 0.224 e. The number of amides is 1. The molecule has 1 aromatic heterocycles. The molecule has 0 fully saturated rings. The first-order valence-electron chi connectivity index (χ1n) is 6.83. The van der Waals surface area contributed by atoms with Gasteiger partial charge >= 0.3 is 0 Å². The quantitative estimate of drug-likeness (QED) is 0.790. The molecule has 1 aromatic rings. The van der Waals surface area contributed by atoms with E-state index in [0.717, 1.165) is 24.6 Å². The van der Waals surface area contributed by atoms with Crippen molar-refractivity contribution in [2.45, 2.75) is 39.7 Å². The van der Waals surface area contributed by atoms with Crippen LogP contribution in [0.1, 0.15) is 33.6 Å². The third kappa shape index (κ3) is 5.26. The van der Waals surface area contributed by atoms with Crippen LogP contribution in [0.15, 0.2) is 18.3 Å². The van der Waals surface area contributed by atoms with E-state index in [1.54, 1.807) is 6.20 Å². The molecule has 0 saturated heterocycles. The summed E-state index contributed by atoms with van der Waals surface area (Å²) in [6, 6.07) is 3.85. The molecular weight excluding hydrogens is 240 g/mol. The highest BCUT2D eigenvalue weighted by molar-refractivity contribution is 5.90. The fourth-order valence-electron chi connectivity index (χ4n) is 1.78. The van der Waals surface area contributed by atoms with Gasteiger partial charge in [0.1, 0.15) is 5.82 Å². The third-order valence-electron chi connectivity index (χ3n) is 2.95. The normalized spacial score (nSPS) is 12.0. The molecule has 5 nitrogen and oxygen atoms in total. The van der Waals surface area contributed by atoms with Crippen molar-refractivity contribution in [1.82, 2.24) is 4.98 Å². The molecule has 0 aliphatic heterocycles. The van der Waals surface area contributed by atoms with Crippen molar-refractivity contribution < 1.29 is 4.79 Å². The van der Waals surface area contributed by atoms with Crippen molar-refractivity contribution in [3.05, 3.63) is 18.3 Å². The molecule has 0 saturated carbocycles. The summed E-state index contributed by atoms with van der Waals surface area (Å²) in [6.45, 7) is 7.92. The molecule has 1 unspecified atom stereocenters. The molecule has 1 atom stereocenters. The van der Waals surface area contributed by atoms with Gasteiger partial charge in [-0.2, -0.15) is 0 Å². The Kier molecular flexibility index (Phi) is 6.29. The summed E-state index contributed by atoms with van der Waals surface area (Å²) < 4.78 is 0. The molecule has 1 rings (SSSR count). The Balaban J connectivity index is 2.54. The number of rotatable bonds is 7. The summed E-state index contributed by atoms with van der Waals surface area (Å²) in [7, 11) is 0. The lowest BCUT2D eigenvalue weighted by atomic mass is 10.2. The highest BCUT2D eigenvalue weighted by atomic mass is 16.1. The Morgan fingerprint density at radius 3 is 2.58 bits per heavy atom. The monoisotopic (exact) mass is 264 g/mol. The van der Waals surface area contributed by atoms with E-state index in [9.17, 15) is 4.79 Å². The summed E-state index contributed by atoms with van der Waals surface area (Å²) in [6.07, 6.45) is 2.82. The van der Waals surface area contributed by atoms with Crippen molar-refractivity contribution in [3.63, 3.8) is 0 Å². The number of nitrogens with one attached hydrogen (secondary N) is 1. The Morgan fingerprint density at radius 1 is 1.42 bits per heavy atom. The minimum Gasteiger partial charge on any atom is -0.357 e. The molecule has 106 valence electrons. The second kappa shape index (κ2) is 7.74. The van der Waals surface area contributed by atoms with Crippen LogP contribution in [0.25, 0.3) is 0 Å². The molecule has 1 amide bonds. The van der Waals surface area contributed by atoms with Crippen molar-refractivity contribution in [2.75, 3.05) is 23.3 Å². The number of nitrogens with two attached hydrogens (primary N) is 1. The summed E-state index contributed by atoms with van der Waals surface area (Å²) in [4.78, 5) is 18.2. The van der Waals surface area contributed by atoms with Gasteiger partial charge in [-0.05, 0) is 39.3 Å². The predicted octanol–water partition coefficient (Wildman–Crippen LogP) is 1.99. The van der Waals surface area contributed by atoms with Crippen molar-refractivity contribution in [1.29, 1.82) is 0 Å². The molecule has 0 aliphatic rings. The number of hydrogen-bond donors (Lipinski definition) is 2. The Labute approximate surface area is 115 Å². The van der Waals surface area contributed by atoms with Crippen molar-refractivity contribution in [2.24, 2.45) is 5.73 Å². The first-order chi connectivity index (χ1) is 9.06. The summed E-state index contributed by atoms with van der Waals surface area (Å²) >= 11 is 0. The lowest BCUT2D eigenvalue weighted by Crippen LogP contribution is -2.23. The summed E-state index contributed by atoms with van der Waals surface area (Å²) in [5, 5.41) is 2.82. The van der Waals surface area contributed by atoms with Gasteiger partial charge in [-0.3, -0.25) is 4.79 Å². The average Bonchev–Trinajstić information content (AvgIpc) is 2.40. The van der Waals surface area contributed by atoms with Gasteiger partial charge in [-0.15, -0.1) is 0 Å². The second-order valence-electron chi connectivity index (χ2n) is 4.64. The van der Waals surface area contributed by atoms with E-state index in [2.05, 4.69) is 29.0 Å². The molecular formula is C14H24N4O. The van der Waals surface area contributed by atoms with Crippen LogP contribution in [-0.4, -0.2) is 30.0 Å². The van der Waals surface area contributed by atoms with E-state index in [-0.39, 0.29) is 11.9 Å². The van der Waals surface area contributed by atoms with Gasteiger partial charge in [-0.1, -0.05) is 0 Å². The van der Waals surface area contributed by atoms with Crippen LogP contribution in [0.2, 0.25) is 0 Å². The highest BCUT2D eigenvalue weighted by Crippen LogP contribution is 2.14. The lowest BCUT2D eigenvalue weighted by Gasteiger charge is -2.19. The van der Waals surface area contributed by atoms with Crippen molar-refractivity contribution >= 4 is 17.4 Å². The Bertz CT molecular complexity index is 385. The molecule has 0 bridgehead atoms. The van der Waals surface area contributed by atoms with Crippen LogP contribution in [0.4, 0.5) is 11.5 Å². The van der Waals surface area contributed by atoms with E-state index in [0.29, 0.717) is 12.8 Å². The fraction of sp³-hybridized carbons (Fsp3) is 0.571. The zero-order chi connectivity index (χ0) is 14.3. The van der Waals surface area contributed by atoms with Crippen LogP contribution >= 0.6 is 0 Å². The van der Waals surface area contributed by atoms with Crippen LogP contribution in [0.3, 0.4) is 0 Å². The minimum atomic E-state index is -0.0188. The number of aromatic nitrogens is 1. The molecule has 19 heavy (non-hydrogen) atoms. The summed E-state index contributed by atoms with van der Waals surface area (Å²) in [5.74, 6) is 0.910. The summed E-state index contributed by atoms with van der Waals surface area (Å²) in [5.41, 5.74) is 6.35. The molecule has 0 spiro atoms. The fourth-order valence-corrected chi connectivity index (χ4v) is 1.78. The van der Waals surface area contributed by atoms with Gasteiger partial charge in [0.05, 0.1) is 11.9 Å². The zero-order valence-corrected chi connectivity index (χ0v) is 12.0. The van der Waals surface area contributed by atoms with Crippen LogP contribution in [-0.2, 0) is 4.79 Å². The van der Waals surface area contributed by atoms with Crippen molar-refractivity contribution in [3.8, 4) is 0 Å². The zero-order valence-electron chi connectivity index (χ0n) is 12.0. The molecule has 3 N–H and O–H groups in total. The van der Waals surface area contributed by atoms with E-state index < -0.39 is 0 Å². The maximum Gasteiger partial charge on any atom is 0.224 e. The van der Waals surface area contributed by atoms with E-state index >= 15 is 0 Å². The number of carbonyl (C=O) groups is 1. The van der Waals surface area contributed by atoms with E-state index in [1.807, 2.05) is 19.1 Å². The molecule has 1 heterocycles. The van der Waals surface area contributed by atoms with E-state index in [4.69, 9.17) is 5.73 Å². The first-order valence-corrected chi connectivity index (χ1v) is 6.83. The topological polar surface area (TPSA) is 71.2 Å². The number of anilines is 2. The molecule has 0 radical (unpaired) electrons. The predicted molar refractivity (Wildman–Crippen MR) is 79.3 cm³/mol. The molecule has 0 aromatic carbocycles. The lowest BCUT2D eigenvalue weighted by molar-refractivity contribution is -0.116. The first kappa shape index (κ1) is 15.4. The Morgan fingerprint density at radius 2 is 2.11 bits per heavy atom. The van der Waals surface area contributed by atoms with Gasteiger partial charge < -0.3 is 16.0 Å². The SMILES string of the molecule is CCN(CC)c1ccc(NC(=O)CCC(C)N)cn1. The third-order valence-corrected chi connectivity index (χ3v) is 2.95. The largest absolute Gasteiger partial charge is 0.357 e. The Hall–Kier alpha value is -1.62. The van der Waals surface area contributed by atoms with Gasteiger partial charge in [0.25, 0.3) is 0 Å². The minimum absolute atomic E-state index is 0.0188. The van der Waals surface area contributed by atoms with Gasteiger partial charge in [0.15, 0.2) is 0 Å². The van der Waals surface area contributed by atoms with E-state index in [1.165, 1.54) is 0 Å². The second-order valence-corrected chi connectivity index (χ2v) is 4.64. The highest BCUT2D eigenvalue weighted by Gasteiger charge is 2.06. The number of pyridine rings is 1. The number of nitrogens with zero attached hydrogens (tertiary/aromatic N) is 2. The van der Waals surface area contributed by atoms with Gasteiger partial charge in [0.2, 0.25) is 5.91 Å². The standard InChI is InChI=1S/C14H24N4O/c1-4-18(5-2)13-8-7-12(10-16-13)17-14(19)9-6-11(3)15/h7-8,10-11H,4-6,9,15H2,1-3H3,(H,17,19). The maximum atomic E-state index is 11.6. The van der Waals surface area contributed by atoms with Crippen LogP contribution in [0, 0.1) is 0 Å². The van der Waals surface area contributed by atoms with Gasteiger partial charge in [0, 0.05) is 25.6 Å². The number of hydrogen-bond acceptors (Lipinski definition) is 4. The number of carbonyl (C=O) groups excluding carboxylic acids is 1. The van der Waals surface area contributed by atoms with Crippen LogP contribution < -0.4 is 16.0 Å². The molecule has 0 aliphatic carbocycles. The van der Waals surface area contributed by atoms with Crippen LogP contribution in [0.5, 0.6) is 0 Å². The van der Waals surface area contributed by atoms with Gasteiger partial charge in [-0.25, -0.2) is 4.98 Å². The maximum absolute atomic E-state index is 11.6. The average molecular weight is 264 g/mol.